The predicted octanol–water partition coefficient (Wildman–Crippen LogP) is -0.295. The molecule has 2 N–H and O–H groups in total. The summed E-state index contributed by atoms with van der Waals surface area (Å²) >= 11 is 0. The third kappa shape index (κ3) is 5.25. The summed E-state index contributed by atoms with van der Waals surface area (Å²) in [6.45, 7) is 4.81. The number of methoxy groups -OCH3 is 1. The molecule has 0 aliphatic rings. The Morgan fingerprint density at radius 3 is 2.16 bits per heavy atom. The standard InChI is InChI=1S/C12H22N2O5/c1-7(2)10(13-9(15)6-19-5)11(16)14(4)8(3)12(17)18/h7-8,10H,6H2,1-5H3,(H,13,15)(H,17,18)/t8?,10-/m0/s1. The summed E-state index contributed by atoms with van der Waals surface area (Å²) < 4.78 is 4.68. The Morgan fingerprint density at radius 2 is 1.79 bits per heavy atom. The molecule has 0 rings (SSSR count). The van der Waals surface area contributed by atoms with E-state index in [0.29, 0.717) is 0 Å². The molecule has 19 heavy (non-hydrogen) atoms. The first-order chi connectivity index (χ1) is 8.72. The maximum Gasteiger partial charge on any atom is 0.326 e. The second kappa shape index (κ2) is 7.73. The van der Waals surface area contributed by atoms with E-state index in [1.54, 1.807) is 13.8 Å². The van der Waals surface area contributed by atoms with Crippen LogP contribution in [0.2, 0.25) is 0 Å². The van der Waals surface area contributed by atoms with Crippen molar-refractivity contribution in [2.75, 3.05) is 20.8 Å². The molecule has 7 nitrogen and oxygen atoms in total. The van der Waals surface area contributed by atoms with Crippen LogP contribution in [0.25, 0.3) is 0 Å². The fourth-order valence-electron chi connectivity index (χ4n) is 1.44. The second-order valence-corrected chi connectivity index (χ2v) is 4.69. The summed E-state index contributed by atoms with van der Waals surface area (Å²) in [5.74, 6) is -2.10. The number of ether oxygens (including phenoxy) is 1. The summed E-state index contributed by atoms with van der Waals surface area (Å²) in [5.41, 5.74) is 0. The number of hydrogen-bond acceptors (Lipinski definition) is 4. The number of carboxylic acids is 1. The zero-order valence-corrected chi connectivity index (χ0v) is 12.0. The van der Waals surface area contributed by atoms with Gasteiger partial charge < -0.3 is 20.1 Å². The SMILES string of the molecule is COCC(=O)N[C@H](C(=O)N(C)C(C)C(=O)O)C(C)C. The van der Waals surface area contributed by atoms with Crippen LogP contribution in [-0.2, 0) is 19.1 Å². The minimum absolute atomic E-state index is 0.144. The Balaban J connectivity index is 4.84. The molecule has 7 heteroatoms. The first kappa shape index (κ1) is 17.4. The largest absolute Gasteiger partial charge is 0.480 e. The summed E-state index contributed by atoms with van der Waals surface area (Å²) in [7, 11) is 2.78. The van der Waals surface area contributed by atoms with E-state index in [4.69, 9.17) is 5.11 Å². The maximum atomic E-state index is 12.2. The Kier molecular flexibility index (Phi) is 7.06. The lowest BCUT2D eigenvalue weighted by atomic mass is 10.0. The van der Waals surface area contributed by atoms with Gasteiger partial charge in [0.05, 0.1) is 0 Å². The molecule has 0 saturated heterocycles. The van der Waals surface area contributed by atoms with Crippen molar-refractivity contribution in [3.8, 4) is 0 Å². The molecule has 0 bridgehead atoms. The monoisotopic (exact) mass is 274 g/mol. The smallest absolute Gasteiger partial charge is 0.326 e. The van der Waals surface area contributed by atoms with Crippen LogP contribution in [-0.4, -0.2) is 60.6 Å². The van der Waals surface area contributed by atoms with Crippen LogP contribution in [0.15, 0.2) is 0 Å². The van der Waals surface area contributed by atoms with Crippen molar-refractivity contribution >= 4 is 17.8 Å². The average molecular weight is 274 g/mol. The van der Waals surface area contributed by atoms with Gasteiger partial charge in [0, 0.05) is 14.2 Å². The lowest BCUT2D eigenvalue weighted by Gasteiger charge is -2.29. The molecule has 110 valence electrons. The van der Waals surface area contributed by atoms with Gasteiger partial charge in [-0.3, -0.25) is 9.59 Å². The Bertz CT molecular complexity index is 343. The number of nitrogens with one attached hydrogen (secondary N) is 1. The topological polar surface area (TPSA) is 95.9 Å². The van der Waals surface area contributed by atoms with Crippen LogP contribution in [0.1, 0.15) is 20.8 Å². The second-order valence-electron chi connectivity index (χ2n) is 4.69. The molecule has 0 aliphatic heterocycles. The summed E-state index contributed by atoms with van der Waals surface area (Å²) in [6.07, 6.45) is 0. The van der Waals surface area contributed by atoms with E-state index < -0.39 is 29.9 Å². The van der Waals surface area contributed by atoms with Crippen LogP contribution in [0, 0.1) is 5.92 Å². The highest BCUT2D eigenvalue weighted by atomic mass is 16.5. The molecule has 0 radical (unpaired) electrons. The molecular weight excluding hydrogens is 252 g/mol. The highest BCUT2D eigenvalue weighted by Gasteiger charge is 2.31. The van der Waals surface area contributed by atoms with E-state index in [1.807, 2.05) is 0 Å². The molecule has 2 atom stereocenters. The number of rotatable bonds is 7. The van der Waals surface area contributed by atoms with Gasteiger partial charge in [0.2, 0.25) is 11.8 Å². The van der Waals surface area contributed by atoms with Crippen LogP contribution in [0.4, 0.5) is 0 Å². The van der Waals surface area contributed by atoms with Crippen molar-refractivity contribution in [1.29, 1.82) is 0 Å². The van der Waals surface area contributed by atoms with Crippen LogP contribution in [0.5, 0.6) is 0 Å². The molecule has 0 saturated carbocycles. The van der Waals surface area contributed by atoms with E-state index in [0.717, 1.165) is 4.90 Å². The van der Waals surface area contributed by atoms with Crippen molar-refractivity contribution in [1.82, 2.24) is 10.2 Å². The number of aliphatic carboxylic acids is 1. The quantitative estimate of drug-likeness (QED) is 0.665. The fraction of sp³-hybridized carbons (Fsp3) is 0.750. The molecule has 1 unspecified atom stereocenters. The number of carbonyl (C=O) groups is 3. The molecule has 0 aromatic rings. The van der Waals surface area contributed by atoms with Gasteiger partial charge in [-0.15, -0.1) is 0 Å². The van der Waals surface area contributed by atoms with Crippen LogP contribution >= 0.6 is 0 Å². The van der Waals surface area contributed by atoms with Crippen molar-refractivity contribution < 1.29 is 24.2 Å². The van der Waals surface area contributed by atoms with E-state index in [2.05, 4.69) is 10.1 Å². The molecule has 0 heterocycles. The van der Waals surface area contributed by atoms with Crippen molar-refractivity contribution in [3.63, 3.8) is 0 Å². The van der Waals surface area contributed by atoms with Gasteiger partial charge in [-0.1, -0.05) is 13.8 Å². The first-order valence-corrected chi connectivity index (χ1v) is 6.00. The highest BCUT2D eigenvalue weighted by Crippen LogP contribution is 2.08. The highest BCUT2D eigenvalue weighted by molar-refractivity contribution is 5.90. The van der Waals surface area contributed by atoms with Crippen LogP contribution in [0.3, 0.4) is 0 Å². The zero-order valence-electron chi connectivity index (χ0n) is 12.0. The van der Waals surface area contributed by atoms with E-state index in [1.165, 1.54) is 21.1 Å². The molecular formula is C12H22N2O5. The summed E-state index contributed by atoms with van der Waals surface area (Å²) in [5, 5.41) is 11.4. The number of hydrogen-bond donors (Lipinski definition) is 2. The third-order valence-corrected chi connectivity index (χ3v) is 2.81. The van der Waals surface area contributed by atoms with Gasteiger partial charge in [0.25, 0.3) is 0 Å². The maximum absolute atomic E-state index is 12.2. The van der Waals surface area contributed by atoms with Gasteiger partial charge in [-0.25, -0.2) is 4.79 Å². The molecule has 0 aromatic heterocycles. The first-order valence-electron chi connectivity index (χ1n) is 6.00. The van der Waals surface area contributed by atoms with E-state index in [-0.39, 0.29) is 12.5 Å². The lowest BCUT2D eigenvalue weighted by Crippen LogP contribution is -2.54. The van der Waals surface area contributed by atoms with E-state index >= 15 is 0 Å². The van der Waals surface area contributed by atoms with Crippen LogP contribution < -0.4 is 5.32 Å². The summed E-state index contributed by atoms with van der Waals surface area (Å²) in [4.78, 5) is 35.6. The third-order valence-electron chi connectivity index (χ3n) is 2.81. The zero-order chi connectivity index (χ0) is 15.2. The number of nitrogens with zero attached hydrogens (tertiary/aromatic N) is 1. The Morgan fingerprint density at radius 1 is 1.26 bits per heavy atom. The average Bonchev–Trinajstić information content (AvgIpc) is 2.33. The predicted molar refractivity (Wildman–Crippen MR) is 68.5 cm³/mol. The lowest BCUT2D eigenvalue weighted by molar-refractivity contribution is -0.150. The van der Waals surface area contributed by atoms with Gasteiger partial charge in [-0.05, 0) is 12.8 Å². The number of carboxylic acid groups (broad SMARTS) is 1. The van der Waals surface area contributed by atoms with Gasteiger partial charge in [-0.2, -0.15) is 0 Å². The van der Waals surface area contributed by atoms with Gasteiger partial charge >= 0.3 is 5.97 Å². The molecule has 2 amide bonds. The molecule has 0 fully saturated rings. The number of amides is 2. The van der Waals surface area contributed by atoms with Crippen molar-refractivity contribution in [3.05, 3.63) is 0 Å². The Hall–Kier alpha value is -1.63. The number of likely N-dealkylation sites (N-methyl/N-ethyl adjacent to an activating group) is 1. The Labute approximate surface area is 112 Å². The number of carbonyl (C=O) groups excluding carboxylic acids is 2. The van der Waals surface area contributed by atoms with Gasteiger partial charge in [0.15, 0.2) is 0 Å². The van der Waals surface area contributed by atoms with Crippen molar-refractivity contribution in [2.45, 2.75) is 32.9 Å². The minimum atomic E-state index is -1.10. The molecule has 0 spiro atoms. The fourth-order valence-corrected chi connectivity index (χ4v) is 1.44. The molecule has 0 aromatic carbocycles. The minimum Gasteiger partial charge on any atom is -0.480 e. The summed E-state index contributed by atoms with van der Waals surface area (Å²) in [6, 6.07) is -1.72. The van der Waals surface area contributed by atoms with E-state index in [9.17, 15) is 14.4 Å². The van der Waals surface area contributed by atoms with Crippen molar-refractivity contribution in [2.24, 2.45) is 5.92 Å². The normalized spacial score (nSPS) is 13.8. The van der Waals surface area contributed by atoms with Gasteiger partial charge in [0.1, 0.15) is 18.7 Å². The molecule has 0 aliphatic carbocycles.